The molecule has 0 bridgehead atoms. The van der Waals surface area contributed by atoms with E-state index in [1.807, 2.05) is 6.07 Å². The van der Waals surface area contributed by atoms with Crippen LogP contribution < -0.4 is 10.1 Å². The van der Waals surface area contributed by atoms with Crippen LogP contribution in [-0.4, -0.2) is 37.7 Å². The van der Waals surface area contributed by atoms with E-state index in [0.717, 1.165) is 5.56 Å². The van der Waals surface area contributed by atoms with Crippen molar-refractivity contribution in [2.75, 3.05) is 19.0 Å². The summed E-state index contributed by atoms with van der Waals surface area (Å²) in [5, 5.41) is 2.61. The van der Waals surface area contributed by atoms with Crippen LogP contribution in [0.25, 0.3) is 0 Å². The van der Waals surface area contributed by atoms with Crippen LogP contribution in [0.15, 0.2) is 48.5 Å². The minimum Gasteiger partial charge on any atom is -0.479 e. The molecule has 0 unspecified atom stereocenters. The molecule has 1 amide bonds. The van der Waals surface area contributed by atoms with Gasteiger partial charge in [0.2, 0.25) is 0 Å². The van der Waals surface area contributed by atoms with Gasteiger partial charge in [0.05, 0.1) is 12.7 Å². The van der Waals surface area contributed by atoms with Crippen LogP contribution in [0.2, 0.25) is 0 Å². The van der Waals surface area contributed by atoms with Gasteiger partial charge in [-0.15, -0.1) is 0 Å². The average Bonchev–Trinajstić information content (AvgIpc) is 2.67. The van der Waals surface area contributed by atoms with Gasteiger partial charge < -0.3 is 19.5 Å². The summed E-state index contributed by atoms with van der Waals surface area (Å²) in [5.74, 6) is -1.17. The average molecular weight is 371 g/mol. The van der Waals surface area contributed by atoms with Crippen molar-refractivity contribution in [3.63, 3.8) is 0 Å². The Hall–Kier alpha value is -3.35. The maximum Gasteiger partial charge on any atom is 0.347 e. The molecular weight excluding hydrogens is 350 g/mol. The molecule has 0 heterocycles. The zero-order valence-corrected chi connectivity index (χ0v) is 15.4. The topological polar surface area (TPSA) is 90.9 Å². The van der Waals surface area contributed by atoms with Crippen LogP contribution in [0.4, 0.5) is 5.69 Å². The highest BCUT2D eigenvalue weighted by atomic mass is 16.6. The minimum atomic E-state index is -0.857. The van der Waals surface area contributed by atoms with E-state index >= 15 is 0 Å². The van der Waals surface area contributed by atoms with Crippen molar-refractivity contribution in [2.24, 2.45) is 0 Å². The Labute approximate surface area is 157 Å². The van der Waals surface area contributed by atoms with Crippen LogP contribution in [0.3, 0.4) is 0 Å². The van der Waals surface area contributed by atoms with Crippen molar-refractivity contribution in [3.8, 4) is 5.75 Å². The molecule has 0 saturated heterocycles. The van der Waals surface area contributed by atoms with Gasteiger partial charge in [0.15, 0.2) is 12.7 Å². The number of hydrogen-bond acceptors (Lipinski definition) is 6. The molecule has 0 fully saturated rings. The molecule has 7 nitrogen and oxygen atoms in total. The lowest BCUT2D eigenvalue weighted by molar-refractivity contribution is -0.153. The second-order valence-corrected chi connectivity index (χ2v) is 5.75. The number of benzene rings is 2. The van der Waals surface area contributed by atoms with Crippen molar-refractivity contribution in [1.82, 2.24) is 0 Å². The molecule has 0 radical (unpaired) electrons. The largest absolute Gasteiger partial charge is 0.479 e. The first-order valence-electron chi connectivity index (χ1n) is 8.28. The van der Waals surface area contributed by atoms with Crippen molar-refractivity contribution in [2.45, 2.75) is 20.0 Å². The van der Waals surface area contributed by atoms with Crippen molar-refractivity contribution < 1.29 is 28.6 Å². The highest BCUT2D eigenvalue weighted by Gasteiger charge is 2.18. The minimum absolute atomic E-state index is 0.306. The summed E-state index contributed by atoms with van der Waals surface area (Å²) >= 11 is 0. The predicted octanol–water partition coefficient (Wildman–Crippen LogP) is 2.73. The third-order valence-electron chi connectivity index (χ3n) is 3.67. The number of amides is 1. The van der Waals surface area contributed by atoms with Gasteiger partial charge >= 0.3 is 11.9 Å². The Bertz CT molecular complexity index is 818. The van der Waals surface area contributed by atoms with Crippen LogP contribution in [0.5, 0.6) is 5.75 Å². The molecule has 142 valence electrons. The second-order valence-electron chi connectivity index (χ2n) is 5.75. The number of ether oxygens (including phenoxy) is 3. The smallest absolute Gasteiger partial charge is 0.347 e. The van der Waals surface area contributed by atoms with Gasteiger partial charge in [-0.05, 0) is 43.7 Å². The fourth-order valence-electron chi connectivity index (χ4n) is 2.19. The van der Waals surface area contributed by atoms with Crippen molar-refractivity contribution in [3.05, 3.63) is 59.7 Å². The third-order valence-corrected chi connectivity index (χ3v) is 3.67. The van der Waals surface area contributed by atoms with Crippen LogP contribution in [-0.2, 0) is 19.1 Å². The summed E-state index contributed by atoms with van der Waals surface area (Å²) in [7, 11) is 1.28. The molecule has 0 aliphatic heterocycles. The lowest BCUT2D eigenvalue weighted by atomic mass is 10.1. The summed E-state index contributed by atoms with van der Waals surface area (Å²) in [6.07, 6.45) is -0.857. The van der Waals surface area contributed by atoms with Gasteiger partial charge in [0.1, 0.15) is 5.75 Å². The maximum absolute atomic E-state index is 12.1. The Morgan fingerprint density at radius 2 is 1.78 bits per heavy atom. The van der Waals surface area contributed by atoms with Gasteiger partial charge in [-0.25, -0.2) is 9.59 Å². The van der Waals surface area contributed by atoms with Crippen LogP contribution in [0.1, 0.15) is 22.8 Å². The molecule has 7 heteroatoms. The molecule has 0 aliphatic carbocycles. The van der Waals surface area contributed by atoms with Crippen molar-refractivity contribution >= 4 is 23.5 Å². The molecule has 1 N–H and O–H groups in total. The number of carbonyl (C=O) groups excluding carboxylic acids is 3. The van der Waals surface area contributed by atoms with E-state index in [1.54, 1.807) is 43.3 Å². The van der Waals surface area contributed by atoms with E-state index < -0.39 is 30.6 Å². The van der Waals surface area contributed by atoms with Gasteiger partial charge in [-0.3, -0.25) is 4.79 Å². The fraction of sp³-hybridized carbons (Fsp3) is 0.250. The molecule has 27 heavy (non-hydrogen) atoms. The van der Waals surface area contributed by atoms with Crippen molar-refractivity contribution in [1.29, 1.82) is 0 Å². The van der Waals surface area contributed by atoms with Crippen LogP contribution in [0, 0.1) is 6.92 Å². The lowest BCUT2D eigenvalue weighted by Crippen LogP contribution is -2.29. The number of anilines is 1. The quantitative estimate of drug-likeness (QED) is 0.753. The number of hydrogen-bond donors (Lipinski definition) is 1. The Morgan fingerprint density at radius 1 is 1.07 bits per heavy atom. The lowest BCUT2D eigenvalue weighted by Gasteiger charge is -2.14. The standard InChI is InChI=1S/C20H21NO6/c1-13-9-10-15(20(24)25-3)11-17(13)21-18(22)12-26-19(23)14(2)27-16-7-5-4-6-8-16/h4-11,14H,12H2,1-3H3,(H,21,22)/t14-/m0/s1. The summed E-state index contributed by atoms with van der Waals surface area (Å²) < 4.78 is 15.1. The molecule has 1 atom stereocenters. The Morgan fingerprint density at radius 3 is 2.44 bits per heavy atom. The molecule has 0 aromatic heterocycles. The molecular formula is C20H21NO6. The highest BCUT2D eigenvalue weighted by Crippen LogP contribution is 2.17. The third kappa shape index (κ3) is 5.85. The van der Waals surface area contributed by atoms with E-state index in [-0.39, 0.29) is 0 Å². The van der Waals surface area contributed by atoms with Gasteiger partial charge in [0.25, 0.3) is 5.91 Å². The first-order valence-corrected chi connectivity index (χ1v) is 8.28. The summed E-state index contributed by atoms with van der Waals surface area (Å²) in [6.45, 7) is 2.85. The number of methoxy groups -OCH3 is 1. The Kier molecular flexibility index (Phi) is 6.93. The number of aryl methyl sites for hydroxylation is 1. The summed E-state index contributed by atoms with van der Waals surface area (Å²) in [5.41, 5.74) is 1.50. The number of carbonyl (C=O) groups is 3. The molecule has 0 spiro atoms. The Balaban J connectivity index is 1.88. The zero-order chi connectivity index (χ0) is 19.8. The SMILES string of the molecule is COC(=O)c1ccc(C)c(NC(=O)COC(=O)[C@H](C)Oc2ccccc2)c1. The number of para-hydroxylation sites is 1. The molecule has 0 aliphatic rings. The van der Waals surface area contributed by atoms with Gasteiger partial charge in [-0.1, -0.05) is 24.3 Å². The number of esters is 2. The first-order chi connectivity index (χ1) is 12.9. The van der Waals surface area contributed by atoms with E-state index in [2.05, 4.69) is 10.1 Å². The maximum atomic E-state index is 12.1. The molecule has 2 rings (SSSR count). The molecule has 2 aromatic carbocycles. The first kappa shape index (κ1) is 20.0. The highest BCUT2D eigenvalue weighted by molar-refractivity contribution is 5.96. The van der Waals surface area contributed by atoms with Crippen LogP contribution >= 0.6 is 0 Å². The number of rotatable bonds is 7. The van der Waals surface area contributed by atoms with Gasteiger partial charge in [0, 0.05) is 5.69 Å². The predicted molar refractivity (Wildman–Crippen MR) is 98.6 cm³/mol. The van der Waals surface area contributed by atoms with E-state index in [0.29, 0.717) is 17.0 Å². The normalized spacial score (nSPS) is 11.2. The monoisotopic (exact) mass is 371 g/mol. The van der Waals surface area contributed by atoms with E-state index in [4.69, 9.17) is 9.47 Å². The number of nitrogens with one attached hydrogen (secondary N) is 1. The second kappa shape index (κ2) is 9.38. The van der Waals surface area contributed by atoms with E-state index in [9.17, 15) is 14.4 Å². The fourth-order valence-corrected chi connectivity index (χ4v) is 2.19. The summed E-state index contributed by atoms with van der Waals surface area (Å²) in [6, 6.07) is 13.6. The molecule has 0 saturated carbocycles. The summed E-state index contributed by atoms with van der Waals surface area (Å²) in [4.78, 5) is 35.6. The van der Waals surface area contributed by atoms with Gasteiger partial charge in [-0.2, -0.15) is 0 Å². The molecule has 2 aromatic rings. The van der Waals surface area contributed by atoms with E-state index in [1.165, 1.54) is 20.1 Å². The zero-order valence-electron chi connectivity index (χ0n) is 15.4.